The number of hydrogen-bond acceptors (Lipinski definition) is 1. The molecule has 1 heteroatoms. The highest BCUT2D eigenvalue weighted by atomic mass is 14.6. The van der Waals surface area contributed by atoms with Crippen LogP contribution in [0.1, 0.15) is 96.8 Å². The number of hydrogen-bond donors (Lipinski definition) is 1. The van der Waals surface area contributed by atoms with E-state index in [1.54, 1.807) is 5.57 Å². The van der Waals surface area contributed by atoms with Crippen LogP contribution in [0.5, 0.6) is 0 Å². The Kier molecular flexibility index (Phi) is 10.2. The summed E-state index contributed by atoms with van der Waals surface area (Å²) < 4.78 is 0. The molecule has 0 amide bonds. The van der Waals surface area contributed by atoms with E-state index in [0.29, 0.717) is 6.04 Å². The summed E-state index contributed by atoms with van der Waals surface area (Å²) in [4.78, 5) is 0. The van der Waals surface area contributed by atoms with Gasteiger partial charge in [-0.05, 0) is 32.1 Å². The molecule has 0 saturated heterocycles. The number of allylic oxidation sites excluding steroid dienone is 1. The van der Waals surface area contributed by atoms with Crippen molar-refractivity contribution < 1.29 is 0 Å². The molecule has 0 fully saturated rings. The van der Waals surface area contributed by atoms with Crippen LogP contribution in [0.2, 0.25) is 0 Å². The average Bonchev–Trinajstić information content (AvgIpc) is 2.41. The van der Waals surface area contributed by atoms with E-state index in [1.165, 1.54) is 89.9 Å². The fourth-order valence-electron chi connectivity index (χ4n) is 3.08. The topological polar surface area (TPSA) is 26.0 Å². The molecule has 0 aromatic carbocycles. The van der Waals surface area contributed by atoms with Crippen molar-refractivity contribution >= 4 is 0 Å². The van der Waals surface area contributed by atoms with E-state index in [9.17, 15) is 0 Å². The van der Waals surface area contributed by atoms with Crippen LogP contribution in [0.15, 0.2) is 11.6 Å². The molecule has 0 radical (unpaired) electrons. The molecular formula is C18H35N. The summed E-state index contributed by atoms with van der Waals surface area (Å²) in [5.41, 5.74) is 7.61. The van der Waals surface area contributed by atoms with Gasteiger partial charge in [-0.25, -0.2) is 0 Å². The molecule has 0 aromatic heterocycles. The minimum atomic E-state index is 0.354. The Morgan fingerprint density at radius 3 is 2.11 bits per heavy atom. The monoisotopic (exact) mass is 265 g/mol. The van der Waals surface area contributed by atoms with Crippen LogP contribution >= 0.6 is 0 Å². The van der Waals surface area contributed by atoms with E-state index in [4.69, 9.17) is 5.73 Å². The first-order valence-electron chi connectivity index (χ1n) is 8.78. The molecule has 112 valence electrons. The number of rotatable bonds is 11. The van der Waals surface area contributed by atoms with E-state index >= 15 is 0 Å². The molecule has 1 aliphatic rings. The lowest BCUT2D eigenvalue weighted by molar-refractivity contribution is 0.548. The summed E-state index contributed by atoms with van der Waals surface area (Å²) >= 11 is 0. The molecule has 0 heterocycles. The maximum Gasteiger partial charge on any atom is 0.0226 e. The van der Waals surface area contributed by atoms with Gasteiger partial charge in [-0.2, -0.15) is 0 Å². The van der Waals surface area contributed by atoms with E-state index in [2.05, 4.69) is 13.0 Å². The van der Waals surface area contributed by atoms with Gasteiger partial charge in [0.25, 0.3) is 0 Å². The van der Waals surface area contributed by atoms with Crippen LogP contribution in [0.4, 0.5) is 0 Å². The van der Waals surface area contributed by atoms with E-state index in [1.807, 2.05) is 0 Å². The maximum atomic E-state index is 5.97. The molecule has 1 nitrogen and oxygen atoms in total. The van der Waals surface area contributed by atoms with Crippen LogP contribution in [0.25, 0.3) is 0 Å². The first kappa shape index (κ1) is 16.8. The quantitative estimate of drug-likeness (QED) is 0.374. The number of unbranched alkanes of at least 4 members (excludes halogenated alkanes) is 9. The van der Waals surface area contributed by atoms with Crippen molar-refractivity contribution in [1.29, 1.82) is 0 Å². The zero-order valence-corrected chi connectivity index (χ0v) is 13.1. The van der Waals surface area contributed by atoms with Crippen molar-refractivity contribution in [1.82, 2.24) is 0 Å². The van der Waals surface area contributed by atoms with E-state index < -0.39 is 0 Å². The molecule has 2 N–H and O–H groups in total. The summed E-state index contributed by atoms with van der Waals surface area (Å²) in [6, 6.07) is 0.354. The lowest BCUT2D eigenvalue weighted by Crippen LogP contribution is -2.20. The summed E-state index contributed by atoms with van der Waals surface area (Å²) in [6.45, 7) is 2.29. The molecular weight excluding hydrogens is 230 g/mol. The zero-order valence-electron chi connectivity index (χ0n) is 13.1. The highest BCUT2D eigenvalue weighted by Crippen LogP contribution is 2.22. The third kappa shape index (κ3) is 9.27. The first-order chi connectivity index (χ1) is 9.33. The maximum absolute atomic E-state index is 5.97. The van der Waals surface area contributed by atoms with Crippen LogP contribution < -0.4 is 5.73 Å². The molecule has 0 spiro atoms. The molecule has 1 unspecified atom stereocenters. The largest absolute Gasteiger partial charge is 0.324 e. The van der Waals surface area contributed by atoms with Gasteiger partial charge < -0.3 is 5.73 Å². The third-order valence-electron chi connectivity index (χ3n) is 4.34. The fraction of sp³-hybridized carbons (Fsp3) is 0.889. The van der Waals surface area contributed by atoms with Crippen LogP contribution in [0, 0.1) is 0 Å². The van der Waals surface area contributed by atoms with Gasteiger partial charge in [-0.15, -0.1) is 0 Å². The van der Waals surface area contributed by atoms with Gasteiger partial charge in [0.15, 0.2) is 0 Å². The second kappa shape index (κ2) is 11.5. The van der Waals surface area contributed by atoms with Crippen molar-refractivity contribution in [2.75, 3.05) is 0 Å². The average molecular weight is 265 g/mol. The second-order valence-corrected chi connectivity index (χ2v) is 6.31. The summed E-state index contributed by atoms with van der Waals surface area (Å²) in [5, 5.41) is 0. The standard InChI is InChI=1S/C18H35N/c1-2-3-4-5-6-7-8-9-10-11-13-17-14-12-15-18(19)16-17/h16,18H,2-15,19H2,1H3. The minimum Gasteiger partial charge on any atom is -0.324 e. The Morgan fingerprint density at radius 2 is 1.53 bits per heavy atom. The predicted octanol–water partition coefficient (Wildman–Crippen LogP) is 5.74. The highest BCUT2D eigenvalue weighted by Gasteiger charge is 2.08. The molecule has 0 saturated carbocycles. The van der Waals surface area contributed by atoms with Gasteiger partial charge in [0, 0.05) is 6.04 Å². The van der Waals surface area contributed by atoms with Crippen molar-refractivity contribution in [3.8, 4) is 0 Å². The second-order valence-electron chi connectivity index (χ2n) is 6.31. The summed E-state index contributed by atoms with van der Waals surface area (Å²) in [6.07, 6.45) is 21.8. The third-order valence-corrected chi connectivity index (χ3v) is 4.34. The fourth-order valence-corrected chi connectivity index (χ4v) is 3.08. The van der Waals surface area contributed by atoms with Gasteiger partial charge in [0.05, 0.1) is 0 Å². The van der Waals surface area contributed by atoms with Crippen LogP contribution in [-0.4, -0.2) is 6.04 Å². The van der Waals surface area contributed by atoms with Crippen molar-refractivity contribution in [3.63, 3.8) is 0 Å². The Bertz CT molecular complexity index is 232. The molecule has 0 aromatic rings. The lowest BCUT2D eigenvalue weighted by Gasteiger charge is -2.17. The van der Waals surface area contributed by atoms with E-state index in [-0.39, 0.29) is 0 Å². The van der Waals surface area contributed by atoms with Gasteiger partial charge in [-0.1, -0.05) is 76.4 Å². The Hall–Kier alpha value is -0.300. The van der Waals surface area contributed by atoms with Crippen LogP contribution in [-0.2, 0) is 0 Å². The highest BCUT2D eigenvalue weighted by molar-refractivity contribution is 5.09. The minimum absolute atomic E-state index is 0.354. The lowest BCUT2D eigenvalue weighted by atomic mass is 9.92. The summed E-state index contributed by atoms with van der Waals surface area (Å²) in [5.74, 6) is 0. The van der Waals surface area contributed by atoms with Gasteiger partial charge in [-0.3, -0.25) is 0 Å². The van der Waals surface area contributed by atoms with Gasteiger partial charge >= 0.3 is 0 Å². The van der Waals surface area contributed by atoms with Crippen molar-refractivity contribution in [3.05, 3.63) is 11.6 Å². The molecule has 0 aliphatic heterocycles. The SMILES string of the molecule is CCCCCCCCCCCCC1=CC(N)CCC1. The normalized spacial score (nSPS) is 19.5. The molecule has 19 heavy (non-hydrogen) atoms. The number of nitrogens with two attached hydrogens (primary N) is 1. The van der Waals surface area contributed by atoms with Crippen LogP contribution in [0.3, 0.4) is 0 Å². The van der Waals surface area contributed by atoms with Gasteiger partial charge in [0.2, 0.25) is 0 Å². The summed E-state index contributed by atoms with van der Waals surface area (Å²) in [7, 11) is 0. The first-order valence-corrected chi connectivity index (χ1v) is 8.78. The molecule has 1 rings (SSSR count). The van der Waals surface area contributed by atoms with Gasteiger partial charge in [0.1, 0.15) is 0 Å². The molecule has 0 bridgehead atoms. The molecule has 1 aliphatic carbocycles. The van der Waals surface area contributed by atoms with Crippen molar-refractivity contribution in [2.24, 2.45) is 5.73 Å². The predicted molar refractivity (Wildman–Crippen MR) is 86.4 cm³/mol. The Labute approximate surface area is 121 Å². The smallest absolute Gasteiger partial charge is 0.0226 e. The molecule has 1 atom stereocenters. The van der Waals surface area contributed by atoms with Crippen molar-refractivity contribution in [2.45, 2.75) is 103 Å². The van der Waals surface area contributed by atoms with E-state index in [0.717, 1.165) is 0 Å². The Balaban J connectivity index is 1.83. The zero-order chi connectivity index (χ0) is 13.8. The Morgan fingerprint density at radius 1 is 0.947 bits per heavy atom.